The Morgan fingerprint density at radius 3 is 2.30 bits per heavy atom. The number of hydrogen-bond donors (Lipinski definition) is 3. The molecule has 12 heteroatoms. The highest BCUT2D eigenvalue weighted by Crippen LogP contribution is 2.30. The van der Waals surface area contributed by atoms with Crippen LogP contribution in [0.4, 0.5) is 10.1 Å². The molecule has 1 aliphatic heterocycles. The molecule has 2 aromatic rings. The summed E-state index contributed by atoms with van der Waals surface area (Å²) in [6.07, 6.45) is 1.50. The van der Waals surface area contributed by atoms with Gasteiger partial charge in [0.25, 0.3) is 0 Å². The summed E-state index contributed by atoms with van der Waals surface area (Å²) in [5, 5.41) is 12.6. The fourth-order valence-corrected chi connectivity index (χ4v) is 6.42. The molecule has 33 heavy (non-hydrogen) atoms. The Bertz CT molecular complexity index is 1240. The van der Waals surface area contributed by atoms with E-state index in [-0.39, 0.29) is 16.3 Å². The standard InChI is InChI=1S/C21H26FN3O6S2/c1-14(2)20(24-32(28,29)19-8-4-3-7-16(19)22)21(27)23-17-13-15(9-10-18(17)26)33(30,31)25-11-5-6-12-25/h3-4,7-10,13-14,20,24,26H,5-6,11-12H2,1-2H3,(H,23,27)/t20-/m0/s1. The molecule has 3 rings (SSSR count). The third-order valence-electron chi connectivity index (χ3n) is 5.29. The number of carbonyl (C=O) groups is 1. The third-order valence-corrected chi connectivity index (χ3v) is 8.66. The summed E-state index contributed by atoms with van der Waals surface area (Å²) in [5.74, 6) is -2.74. The highest BCUT2D eigenvalue weighted by Gasteiger charge is 2.31. The Kier molecular flexibility index (Phi) is 7.42. The van der Waals surface area contributed by atoms with Crippen molar-refractivity contribution in [3.8, 4) is 5.75 Å². The number of amides is 1. The van der Waals surface area contributed by atoms with E-state index in [9.17, 15) is 31.1 Å². The van der Waals surface area contributed by atoms with Crippen LogP contribution in [0, 0.1) is 11.7 Å². The van der Waals surface area contributed by atoms with E-state index in [2.05, 4.69) is 10.0 Å². The number of anilines is 1. The SMILES string of the molecule is CC(C)[C@H](NS(=O)(=O)c1ccccc1F)C(=O)Nc1cc(S(=O)(=O)N2CCCC2)ccc1O. The molecule has 1 saturated heterocycles. The summed E-state index contributed by atoms with van der Waals surface area (Å²) >= 11 is 0. The average Bonchev–Trinajstić information content (AvgIpc) is 3.29. The van der Waals surface area contributed by atoms with Crippen LogP contribution in [0.25, 0.3) is 0 Å². The molecule has 0 radical (unpaired) electrons. The van der Waals surface area contributed by atoms with E-state index < -0.39 is 48.6 Å². The van der Waals surface area contributed by atoms with E-state index in [1.165, 1.54) is 22.5 Å². The second-order valence-electron chi connectivity index (χ2n) is 8.05. The molecule has 0 saturated carbocycles. The molecule has 0 aliphatic carbocycles. The van der Waals surface area contributed by atoms with Crippen LogP contribution in [0.15, 0.2) is 52.3 Å². The number of rotatable bonds is 8. The molecule has 180 valence electrons. The van der Waals surface area contributed by atoms with Gasteiger partial charge in [0, 0.05) is 13.1 Å². The number of phenolic OH excluding ortho intramolecular Hbond substituents is 1. The van der Waals surface area contributed by atoms with Gasteiger partial charge in [0.2, 0.25) is 26.0 Å². The van der Waals surface area contributed by atoms with Crippen molar-refractivity contribution >= 4 is 31.6 Å². The van der Waals surface area contributed by atoms with Crippen molar-refractivity contribution in [2.45, 2.75) is 42.5 Å². The predicted octanol–water partition coefficient (Wildman–Crippen LogP) is 2.26. The van der Waals surface area contributed by atoms with Crippen LogP contribution in [0.2, 0.25) is 0 Å². The topological polar surface area (TPSA) is 133 Å². The second kappa shape index (κ2) is 9.75. The number of benzene rings is 2. The molecule has 1 atom stereocenters. The number of carbonyl (C=O) groups excluding carboxylic acids is 1. The fraction of sp³-hybridized carbons (Fsp3) is 0.381. The second-order valence-corrected chi connectivity index (χ2v) is 11.7. The molecule has 0 bridgehead atoms. The number of nitrogens with zero attached hydrogens (tertiary/aromatic N) is 1. The maximum atomic E-state index is 14.0. The molecule has 2 aromatic carbocycles. The van der Waals surface area contributed by atoms with Crippen molar-refractivity contribution in [3.63, 3.8) is 0 Å². The van der Waals surface area contributed by atoms with Crippen molar-refractivity contribution in [2.24, 2.45) is 5.92 Å². The molecule has 0 aromatic heterocycles. The lowest BCUT2D eigenvalue weighted by molar-refractivity contribution is -0.118. The molecular formula is C21H26FN3O6S2. The third kappa shape index (κ3) is 5.52. The average molecular weight is 500 g/mol. The van der Waals surface area contributed by atoms with Crippen LogP contribution in [0.5, 0.6) is 5.75 Å². The van der Waals surface area contributed by atoms with Gasteiger partial charge in [-0.2, -0.15) is 9.03 Å². The minimum atomic E-state index is -4.38. The summed E-state index contributed by atoms with van der Waals surface area (Å²) in [5.41, 5.74) is -0.184. The van der Waals surface area contributed by atoms with E-state index in [0.29, 0.717) is 13.1 Å². The van der Waals surface area contributed by atoms with Gasteiger partial charge in [-0.05, 0) is 49.1 Å². The first-order valence-corrected chi connectivity index (χ1v) is 13.3. The van der Waals surface area contributed by atoms with Crippen LogP contribution in [0.1, 0.15) is 26.7 Å². The zero-order valence-corrected chi connectivity index (χ0v) is 19.8. The van der Waals surface area contributed by atoms with Gasteiger partial charge in [-0.25, -0.2) is 21.2 Å². The maximum Gasteiger partial charge on any atom is 0.244 e. The monoisotopic (exact) mass is 499 g/mol. The van der Waals surface area contributed by atoms with Crippen LogP contribution >= 0.6 is 0 Å². The molecular weight excluding hydrogens is 473 g/mol. The lowest BCUT2D eigenvalue weighted by Gasteiger charge is -2.22. The first kappa shape index (κ1) is 25.1. The summed E-state index contributed by atoms with van der Waals surface area (Å²) < 4.78 is 68.5. The molecule has 1 aliphatic rings. The lowest BCUT2D eigenvalue weighted by Crippen LogP contribution is -2.47. The van der Waals surface area contributed by atoms with Crippen molar-refractivity contribution < 1.29 is 31.1 Å². The van der Waals surface area contributed by atoms with E-state index in [4.69, 9.17) is 0 Å². The number of halogens is 1. The van der Waals surface area contributed by atoms with E-state index >= 15 is 0 Å². The zero-order valence-electron chi connectivity index (χ0n) is 18.2. The quantitative estimate of drug-likeness (QED) is 0.477. The van der Waals surface area contributed by atoms with Crippen molar-refractivity contribution in [2.75, 3.05) is 18.4 Å². The number of hydrogen-bond acceptors (Lipinski definition) is 6. The number of phenols is 1. The molecule has 9 nitrogen and oxygen atoms in total. The van der Waals surface area contributed by atoms with Gasteiger partial charge in [0.05, 0.1) is 10.6 Å². The molecule has 0 spiro atoms. The zero-order chi connectivity index (χ0) is 24.4. The van der Waals surface area contributed by atoms with E-state index in [0.717, 1.165) is 37.1 Å². The van der Waals surface area contributed by atoms with Crippen molar-refractivity contribution in [1.82, 2.24) is 9.03 Å². The Morgan fingerprint density at radius 1 is 1.06 bits per heavy atom. The van der Waals surface area contributed by atoms with Crippen LogP contribution in [0.3, 0.4) is 0 Å². The Labute approximate surface area is 192 Å². The first-order chi connectivity index (χ1) is 15.4. The Hall–Kier alpha value is -2.54. The van der Waals surface area contributed by atoms with Gasteiger partial charge >= 0.3 is 0 Å². The predicted molar refractivity (Wildman–Crippen MR) is 120 cm³/mol. The van der Waals surface area contributed by atoms with Gasteiger partial charge < -0.3 is 10.4 Å². The number of aromatic hydroxyl groups is 1. The van der Waals surface area contributed by atoms with E-state index in [1.54, 1.807) is 13.8 Å². The van der Waals surface area contributed by atoms with Gasteiger partial charge in [-0.1, -0.05) is 26.0 Å². The van der Waals surface area contributed by atoms with Crippen molar-refractivity contribution in [3.05, 3.63) is 48.3 Å². The van der Waals surface area contributed by atoms with Crippen molar-refractivity contribution in [1.29, 1.82) is 0 Å². The van der Waals surface area contributed by atoms with E-state index in [1.807, 2.05) is 0 Å². The van der Waals surface area contributed by atoms with Gasteiger partial charge in [0.1, 0.15) is 22.5 Å². The summed E-state index contributed by atoms with van der Waals surface area (Å²) in [6, 6.07) is 6.94. The summed E-state index contributed by atoms with van der Waals surface area (Å²) in [4.78, 5) is 12.2. The molecule has 1 fully saturated rings. The Balaban J connectivity index is 1.86. The lowest BCUT2D eigenvalue weighted by atomic mass is 10.0. The minimum Gasteiger partial charge on any atom is -0.506 e. The van der Waals surface area contributed by atoms with Crippen LogP contribution in [-0.2, 0) is 24.8 Å². The Morgan fingerprint density at radius 2 is 1.70 bits per heavy atom. The highest BCUT2D eigenvalue weighted by atomic mass is 32.2. The summed E-state index contributed by atoms with van der Waals surface area (Å²) in [7, 11) is -8.18. The van der Waals surface area contributed by atoms with Crippen LogP contribution < -0.4 is 10.0 Å². The minimum absolute atomic E-state index is 0.106. The van der Waals surface area contributed by atoms with Crippen LogP contribution in [-0.4, -0.2) is 51.3 Å². The maximum absolute atomic E-state index is 14.0. The molecule has 1 heterocycles. The first-order valence-electron chi connectivity index (χ1n) is 10.3. The fourth-order valence-electron chi connectivity index (χ4n) is 3.45. The van der Waals surface area contributed by atoms with Gasteiger partial charge in [-0.15, -0.1) is 0 Å². The number of sulfonamides is 2. The largest absolute Gasteiger partial charge is 0.506 e. The molecule has 1 amide bonds. The van der Waals surface area contributed by atoms with Gasteiger partial charge in [-0.3, -0.25) is 4.79 Å². The normalized spacial score (nSPS) is 16.1. The number of nitrogens with one attached hydrogen (secondary N) is 2. The molecule has 0 unspecified atom stereocenters. The summed E-state index contributed by atoms with van der Waals surface area (Å²) in [6.45, 7) is 3.95. The molecule has 3 N–H and O–H groups in total. The smallest absolute Gasteiger partial charge is 0.244 e. The highest BCUT2D eigenvalue weighted by molar-refractivity contribution is 7.89. The van der Waals surface area contributed by atoms with Gasteiger partial charge in [0.15, 0.2) is 0 Å².